The van der Waals surface area contributed by atoms with Crippen LogP contribution in [0.1, 0.15) is 5.56 Å². The van der Waals surface area contributed by atoms with Gasteiger partial charge in [-0.3, -0.25) is 19.7 Å². The number of nitro benzene ring substituents is 1. The van der Waals surface area contributed by atoms with E-state index in [0.29, 0.717) is 21.2 Å². The van der Waals surface area contributed by atoms with Gasteiger partial charge in [0, 0.05) is 16.0 Å². The summed E-state index contributed by atoms with van der Waals surface area (Å²) in [5.74, 6) is -0.455. The molecule has 1 saturated heterocycles. The van der Waals surface area contributed by atoms with Crippen LogP contribution in [-0.2, 0) is 4.79 Å². The van der Waals surface area contributed by atoms with Crippen molar-refractivity contribution in [2.75, 3.05) is 4.90 Å². The first kappa shape index (κ1) is 21.2. The quantitative estimate of drug-likeness (QED) is 0.237. The summed E-state index contributed by atoms with van der Waals surface area (Å²) in [6.45, 7) is 0. The number of para-hydroxylation sites is 1. The number of carbonyl (C=O) groups is 2. The lowest BCUT2D eigenvalue weighted by Crippen LogP contribution is -2.27. The number of halogens is 1. The second-order valence-corrected chi connectivity index (χ2v) is 8.94. The fourth-order valence-corrected chi connectivity index (χ4v) is 4.77. The number of benzene rings is 3. The summed E-state index contributed by atoms with van der Waals surface area (Å²) >= 11 is 7.94. The lowest BCUT2D eigenvalue weighted by Gasteiger charge is -2.11. The van der Waals surface area contributed by atoms with Gasteiger partial charge in [0.15, 0.2) is 0 Å². The van der Waals surface area contributed by atoms with Crippen molar-refractivity contribution >= 4 is 63.7 Å². The van der Waals surface area contributed by atoms with E-state index in [9.17, 15) is 19.7 Å². The van der Waals surface area contributed by atoms with Crippen LogP contribution in [0.15, 0.2) is 87.5 Å². The highest BCUT2D eigenvalue weighted by Gasteiger charge is 2.36. The van der Waals surface area contributed by atoms with Gasteiger partial charge in [-0.15, -0.1) is 0 Å². The minimum Gasteiger partial charge on any atom is -0.268 e. The van der Waals surface area contributed by atoms with Gasteiger partial charge in [0.2, 0.25) is 0 Å². The van der Waals surface area contributed by atoms with Crippen molar-refractivity contribution in [3.05, 3.63) is 98.4 Å². The minimum absolute atomic E-state index is 0.0870. The Morgan fingerprint density at radius 2 is 1.71 bits per heavy atom. The molecular formula is C22H13ClN2O4S2. The number of nitro groups is 1. The highest BCUT2D eigenvalue weighted by Crippen LogP contribution is 2.38. The SMILES string of the molecule is O=C1SC(=Cc2ccc(Sc3ccc(Cl)cc3)c([N+](=O)[O-])c2)C(=O)N1c1ccccc1. The van der Waals surface area contributed by atoms with Crippen molar-refractivity contribution in [2.24, 2.45) is 0 Å². The van der Waals surface area contributed by atoms with Crippen LogP contribution in [0.3, 0.4) is 0 Å². The molecule has 0 radical (unpaired) electrons. The lowest BCUT2D eigenvalue weighted by molar-refractivity contribution is -0.387. The summed E-state index contributed by atoms with van der Waals surface area (Å²) in [6.07, 6.45) is 1.50. The molecule has 2 amide bonds. The number of carbonyl (C=O) groups excluding carboxylic acids is 2. The molecule has 0 saturated carbocycles. The number of anilines is 1. The molecule has 1 heterocycles. The van der Waals surface area contributed by atoms with E-state index < -0.39 is 16.1 Å². The molecule has 0 bridgehead atoms. The Hall–Kier alpha value is -3.07. The maximum absolute atomic E-state index is 12.7. The van der Waals surface area contributed by atoms with Crippen molar-refractivity contribution in [3.63, 3.8) is 0 Å². The maximum Gasteiger partial charge on any atom is 0.298 e. The monoisotopic (exact) mass is 468 g/mol. The summed E-state index contributed by atoms with van der Waals surface area (Å²) in [4.78, 5) is 38.8. The number of hydrogen-bond acceptors (Lipinski definition) is 6. The van der Waals surface area contributed by atoms with Crippen molar-refractivity contribution in [3.8, 4) is 0 Å². The first-order valence-electron chi connectivity index (χ1n) is 8.97. The average Bonchev–Trinajstić information content (AvgIpc) is 3.04. The summed E-state index contributed by atoms with van der Waals surface area (Å²) in [7, 11) is 0. The lowest BCUT2D eigenvalue weighted by atomic mass is 10.2. The molecule has 31 heavy (non-hydrogen) atoms. The van der Waals surface area contributed by atoms with Gasteiger partial charge in [-0.25, -0.2) is 4.90 Å². The first-order chi connectivity index (χ1) is 14.9. The highest BCUT2D eigenvalue weighted by molar-refractivity contribution is 8.19. The fraction of sp³-hybridized carbons (Fsp3) is 0. The molecule has 0 aromatic heterocycles. The van der Waals surface area contributed by atoms with E-state index in [-0.39, 0.29) is 10.6 Å². The molecule has 0 spiro atoms. The summed E-state index contributed by atoms with van der Waals surface area (Å²) in [5.41, 5.74) is 0.857. The molecule has 9 heteroatoms. The maximum atomic E-state index is 12.7. The van der Waals surface area contributed by atoms with Crippen molar-refractivity contribution in [2.45, 2.75) is 9.79 Å². The van der Waals surface area contributed by atoms with Crippen molar-refractivity contribution in [1.29, 1.82) is 0 Å². The van der Waals surface area contributed by atoms with Gasteiger partial charge in [-0.2, -0.15) is 0 Å². The summed E-state index contributed by atoms with van der Waals surface area (Å²) < 4.78 is 0. The van der Waals surface area contributed by atoms with Gasteiger partial charge in [0.05, 0.1) is 20.4 Å². The molecular weight excluding hydrogens is 456 g/mol. The second-order valence-electron chi connectivity index (χ2n) is 6.39. The van der Waals surface area contributed by atoms with E-state index in [4.69, 9.17) is 11.6 Å². The normalized spacial score (nSPS) is 15.0. The minimum atomic E-state index is -0.467. The molecule has 4 rings (SSSR count). The van der Waals surface area contributed by atoms with E-state index in [2.05, 4.69) is 0 Å². The van der Waals surface area contributed by atoms with E-state index in [1.54, 1.807) is 66.7 Å². The van der Waals surface area contributed by atoms with E-state index in [0.717, 1.165) is 21.6 Å². The highest BCUT2D eigenvalue weighted by atomic mass is 35.5. The number of hydrogen-bond donors (Lipinski definition) is 0. The third kappa shape index (κ3) is 4.66. The molecule has 3 aromatic carbocycles. The van der Waals surface area contributed by atoms with Crippen molar-refractivity contribution in [1.82, 2.24) is 0 Å². The molecule has 0 aliphatic carbocycles. The third-order valence-electron chi connectivity index (χ3n) is 4.33. The Morgan fingerprint density at radius 3 is 2.39 bits per heavy atom. The number of amides is 2. The van der Waals surface area contributed by atoms with Gasteiger partial charge in [-0.05, 0) is 65.9 Å². The van der Waals surface area contributed by atoms with Gasteiger partial charge in [0.25, 0.3) is 16.8 Å². The zero-order valence-electron chi connectivity index (χ0n) is 15.7. The zero-order valence-corrected chi connectivity index (χ0v) is 18.1. The Labute approximate surface area is 191 Å². The fourth-order valence-electron chi connectivity index (χ4n) is 2.90. The van der Waals surface area contributed by atoms with Crippen LogP contribution in [0, 0.1) is 10.1 Å². The van der Waals surface area contributed by atoms with Crippen LogP contribution in [0.2, 0.25) is 5.02 Å². The van der Waals surface area contributed by atoms with Crippen LogP contribution in [0.25, 0.3) is 6.08 Å². The number of rotatable bonds is 5. The molecule has 0 atom stereocenters. The Balaban J connectivity index is 1.63. The Morgan fingerprint density at radius 1 is 1.00 bits per heavy atom. The van der Waals surface area contributed by atoms with Gasteiger partial charge < -0.3 is 0 Å². The largest absolute Gasteiger partial charge is 0.298 e. The van der Waals surface area contributed by atoms with Crippen LogP contribution in [-0.4, -0.2) is 16.1 Å². The van der Waals surface area contributed by atoms with Crippen LogP contribution < -0.4 is 4.90 Å². The van der Waals surface area contributed by atoms with Gasteiger partial charge >= 0.3 is 0 Å². The van der Waals surface area contributed by atoms with Crippen LogP contribution in [0.4, 0.5) is 16.2 Å². The predicted molar refractivity (Wildman–Crippen MR) is 124 cm³/mol. The van der Waals surface area contributed by atoms with E-state index in [1.165, 1.54) is 23.9 Å². The van der Waals surface area contributed by atoms with Gasteiger partial charge in [-0.1, -0.05) is 47.6 Å². The smallest absolute Gasteiger partial charge is 0.268 e. The second kappa shape index (κ2) is 8.97. The third-order valence-corrected chi connectivity index (χ3v) is 6.52. The first-order valence-corrected chi connectivity index (χ1v) is 11.0. The standard InChI is InChI=1S/C22H13ClN2O4S2/c23-15-7-9-17(10-8-15)30-19-11-6-14(12-18(19)25(28)29)13-20-21(26)24(22(27)31-20)16-4-2-1-3-5-16/h1-13H. The number of thioether (sulfide) groups is 1. The van der Waals surface area contributed by atoms with Crippen molar-refractivity contribution < 1.29 is 14.5 Å². The molecule has 1 fully saturated rings. The molecule has 3 aromatic rings. The number of imide groups is 1. The van der Waals surface area contributed by atoms with E-state index >= 15 is 0 Å². The molecule has 0 N–H and O–H groups in total. The number of nitrogens with zero attached hydrogens (tertiary/aromatic N) is 2. The zero-order chi connectivity index (χ0) is 22.0. The molecule has 6 nitrogen and oxygen atoms in total. The molecule has 154 valence electrons. The van der Waals surface area contributed by atoms with Crippen LogP contribution in [0.5, 0.6) is 0 Å². The topological polar surface area (TPSA) is 80.5 Å². The predicted octanol–water partition coefficient (Wildman–Crippen LogP) is 6.64. The molecule has 1 aliphatic heterocycles. The summed E-state index contributed by atoms with van der Waals surface area (Å²) in [5, 5.41) is 11.8. The Kier molecular flexibility index (Phi) is 6.13. The van der Waals surface area contributed by atoms with Gasteiger partial charge in [0.1, 0.15) is 0 Å². The Bertz CT molecular complexity index is 1210. The molecule has 1 aliphatic rings. The average molecular weight is 469 g/mol. The summed E-state index contributed by atoms with van der Waals surface area (Å²) in [6, 6.07) is 20.3. The van der Waals surface area contributed by atoms with E-state index in [1.807, 2.05) is 0 Å². The molecule has 0 unspecified atom stereocenters. The van der Waals surface area contributed by atoms with Crippen LogP contribution >= 0.6 is 35.1 Å².